The fraction of sp³-hybridized carbons (Fsp3) is 0. The highest BCUT2D eigenvalue weighted by atomic mass is 32.2. The lowest BCUT2D eigenvalue weighted by molar-refractivity contribution is -0.115. The third-order valence-corrected chi connectivity index (χ3v) is 2.50. The van der Waals surface area contributed by atoms with E-state index in [1.165, 1.54) is 18.3 Å². The zero-order valence-corrected chi connectivity index (χ0v) is 8.25. The SMILES string of the molecule is O=C1NC(=O)/C(=C/c2ccc(O)cn2)S1. The van der Waals surface area contributed by atoms with Crippen LogP contribution in [0.5, 0.6) is 5.75 Å². The molecule has 2 N–H and O–H groups in total. The van der Waals surface area contributed by atoms with Crippen LogP contribution < -0.4 is 5.32 Å². The van der Waals surface area contributed by atoms with Crippen molar-refractivity contribution in [3.63, 3.8) is 0 Å². The van der Waals surface area contributed by atoms with Crippen LogP contribution in [0.2, 0.25) is 0 Å². The Kier molecular flexibility index (Phi) is 2.42. The molecule has 15 heavy (non-hydrogen) atoms. The average molecular weight is 222 g/mol. The number of pyridine rings is 1. The van der Waals surface area contributed by atoms with Gasteiger partial charge in [0.25, 0.3) is 11.1 Å². The molecule has 2 amide bonds. The van der Waals surface area contributed by atoms with Gasteiger partial charge >= 0.3 is 0 Å². The van der Waals surface area contributed by atoms with E-state index in [1.807, 2.05) is 0 Å². The molecule has 0 saturated carbocycles. The summed E-state index contributed by atoms with van der Waals surface area (Å²) in [6, 6.07) is 3.01. The first kappa shape index (κ1) is 9.72. The maximum Gasteiger partial charge on any atom is 0.290 e. The van der Waals surface area contributed by atoms with Crippen molar-refractivity contribution < 1.29 is 14.7 Å². The maximum atomic E-state index is 11.2. The summed E-state index contributed by atoms with van der Waals surface area (Å²) < 4.78 is 0. The molecule has 0 atom stereocenters. The zero-order chi connectivity index (χ0) is 10.8. The summed E-state index contributed by atoms with van der Waals surface area (Å²) >= 11 is 0.832. The molecule has 0 unspecified atom stereocenters. The molecule has 0 aromatic carbocycles. The Balaban J connectivity index is 2.27. The van der Waals surface area contributed by atoms with E-state index in [0.29, 0.717) is 10.6 Å². The van der Waals surface area contributed by atoms with Crippen LogP contribution in [0.4, 0.5) is 4.79 Å². The van der Waals surface area contributed by atoms with Crippen LogP contribution in [0, 0.1) is 0 Å². The molecule has 1 aliphatic heterocycles. The van der Waals surface area contributed by atoms with Crippen LogP contribution in [-0.4, -0.2) is 21.2 Å². The second-order valence-electron chi connectivity index (χ2n) is 2.79. The van der Waals surface area contributed by atoms with E-state index in [1.54, 1.807) is 6.07 Å². The van der Waals surface area contributed by atoms with Gasteiger partial charge in [-0.05, 0) is 30.0 Å². The van der Waals surface area contributed by atoms with Gasteiger partial charge in [0.2, 0.25) is 0 Å². The number of aromatic nitrogens is 1. The predicted octanol–water partition coefficient (Wildman–Crippen LogP) is 1.11. The fourth-order valence-corrected chi connectivity index (χ4v) is 1.71. The van der Waals surface area contributed by atoms with Gasteiger partial charge in [0.15, 0.2) is 0 Å². The lowest BCUT2D eigenvalue weighted by atomic mass is 10.3. The third-order valence-electron chi connectivity index (χ3n) is 1.69. The summed E-state index contributed by atoms with van der Waals surface area (Å²) in [5.74, 6) is -0.364. The lowest BCUT2D eigenvalue weighted by Gasteiger charge is -1.94. The topological polar surface area (TPSA) is 79.3 Å². The molecule has 0 bridgehead atoms. The van der Waals surface area contributed by atoms with Gasteiger partial charge in [-0.15, -0.1) is 0 Å². The van der Waals surface area contributed by atoms with Gasteiger partial charge in [-0.2, -0.15) is 0 Å². The van der Waals surface area contributed by atoms with Crippen LogP contribution in [0.3, 0.4) is 0 Å². The van der Waals surface area contributed by atoms with Crippen molar-refractivity contribution >= 4 is 29.0 Å². The van der Waals surface area contributed by atoms with Crippen molar-refractivity contribution in [3.05, 3.63) is 28.9 Å². The number of hydrogen-bond acceptors (Lipinski definition) is 5. The van der Waals surface area contributed by atoms with Crippen molar-refractivity contribution in [2.24, 2.45) is 0 Å². The Morgan fingerprint density at radius 2 is 2.20 bits per heavy atom. The number of nitrogens with zero attached hydrogens (tertiary/aromatic N) is 1. The van der Waals surface area contributed by atoms with Crippen molar-refractivity contribution in [1.29, 1.82) is 0 Å². The normalized spacial score (nSPS) is 18.3. The molecule has 0 radical (unpaired) electrons. The highest BCUT2D eigenvalue weighted by Crippen LogP contribution is 2.25. The first-order valence-electron chi connectivity index (χ1n) is 4.05. The summed E-state index contributed by atoms with van der Waals surface area (Å²) in [5, 5.41) is 10.7. The highest BCUT2D eigenvalue weighted by Gasteiger charge is 2.24. The Morgan fingerprint density at radius 1 is 1.40 bits per heavy atom. The number of thioether (sulfide) groups is 1. The summed E-state index contributed by atoms with van der Waals surface area (Å²) in [4.78, 5) is 26.2. The van der Waals surface area contributed by atoms with Crippen LogP contribution in [-0.2, 0) is 4.79 Å². The number of nitrogens with one attached hydrogen (secondary N) is 1. The number of imide groups is 1. The van der Waals surface area contributed by atoms with Crippen molar-refractivity contribution in [2.45, 2.75) is 0 Å². The van der Waals surface area contributed by atoms with Gasteiger partial charge in [-0.25, -0.2) is 0 Å². The molecule has 2 heterocycles. The van der Waals surface area contributed by atoms with Crippen LogP contribution in [0.25, 0.3) is 6.08 Å². The Morgan fingerprint density at radius 3 is 2.73 bits per heavy atom. The molecule has 6 heteroatoms. The molecular weight excluding hydrogens is 216 g/mol. The Bertz CT molecular complexity index is 453. The smallest absolute Gasteiger partial charge is 0.290 e. The van der Waals surface area contributed by atoms with E-state index in [9.17, 15) is 9.59 Å². The minimum atomic E-state index is -0.417. The zero-order valence-electron chi connectivity index (χ0n) is 7.43. The highest BCUT2D eigenvalue weighted by molar-refractivity contribution is 8.18. The number of amides is 2. The molecule has 2 rings (SSSR count). The summed E-state index contributed by atoms with van der Waals surface area (Å²) in [7, 11) is 0. The largest absolute Gasteiger partial charge is 0.506 e. The monoisotopic (exact) mass is 222 g/mol. The first-order valence-corrected chi connectivity index (χ1v) is 4.87. The molecule has 1 aromatic rings. The third kappa shape index (κ3) is 2.16. The minimum Gasteiger partial charge on any atom is -0.506 e. The Labute approximate surface area is 89.2 Å². The molecule has 1 aliphatic rings. The number of carbonyl (C=O) groups is 2. The van der Waals surface area contributed by atoms with Crippen LogP contribution in [0.15, 0.2) is 23.2 Å². The minimum absolute atomic E-state index is 0.0525. The number of rotatable bonds is 1. The van der Waals surface area contributed by atoms with E-state index in [4.69, 9.17) is 5.11 Å². The number of aromatic hydroxyl groups is 1. The molecule has 76 valence electrons. The van der Waals surface area contributed by atoms with Crippen molar-refractivity contribution in [2.75, 3.05) is 0 Å². The van der Waals surface area contributed by atoms with E-state index < -0.39 is 5.91 Å². The molecule has 0 aliphatic carbocycles. The van der Waals surface area contributed by atoms with Crippen LogP contribution in [0.1, 0.15) is 5.69 Å². The van der Waals surface area contributed by atoms with E-state index in [-0.39, 0.29) is 11.0 Å². The lowest BCUT2D eigenvalue weighted by Crippen LogP contribution is -2.17. The standard InChI is InChI=1S/C9H6N2O3S/c12-6-2-1-5(10-4-6)3-7-8(13)11-9(14)15-7/h1-4,12H,(H,11,13,14)/b7-3-. The average Bonchev–Trinajstić information content (AvgIpc) is 2.49. The van der Waals surface area contributed by atoms with Gasteiger partial charge in [0, 0.05) is 0 Å². The second-order valence-corrected chi connectivity index (χ2v) is 3.81. The summed E-state index contributed by atoms with van der Waals surface area (Å²) in [5.41, 5.74) is 0.514. The quantitative estimate of drug-likeness (QED) is 0.696. The molecular formula is C9H6N2O3S. The van der Waals surface area contributed by atoms with Gasteiger partial charge in [-0.1, -0.05) is 0 Å². The van der Waals surface area contributed by atoms with Crippen LogP contribution >= 0.6 is 11.8 Å². The van der Waals surface area contributed by atoms with E-state index >= 15 is 0 Å². The maximum absolute atomic E-state index is 11.2. The van der Waals surface area contributed by atoms with Gasteiger partial charge < -0.3 is 5.11 Å². The van der Waals surface area contributed by atoms with E-state index in [0.717, 1.165) is 11.8 Å². The first-order chi connectivity index (χ1) is 7.15. The Hall–Kier alpha value is -1.82. The molecule has 0 spiro atoms. The van der Waals surface area contributed by atoms with Gasteiger partial charge in [0.1, 0.15) is 5.75 Å². The second kappa shape index (κ2) is 3.74. The molecule has 1 aromatic heterocycles. The molecule has 1 fully saturated rings. The van der Waals surface area contributed by atoms with Gasteiger partial charge in [0.05, 0.1) is 16.8 Å². The van der Waals surface area contributed by atoms with Gasteiger partial charge in [-0.3, -0.25) is 19.9 Å². The molecule has 5 nitrogen and oxygen atoms in total. The molecule has 1 saturated heterocycles. The fourth-order valence-electron chi connectivity index (χ4n) is 1.04. The van der Waals surface area contributed by atoms with Crippen molar-refractivity contribution in [3.8, 4) is 5.75 Å². The summed E-state index contributed by atoms with van der Waals surface area (Å²) in [6.45, 7) is 0. The van der Waals surface area contributed by atoms with E-state index in [2.05, 4.69) is 10.3 Å². The van der Waals surface area contributed by atoms with Crippen molar-refractivity contribution in [1.82, 2.24) is 10.3 Å². The predicted molar refractivity (Wildman–Crippen MR) is 55.0 cm³/mol. The number of carbonyl (C=O) groups excluding carboxylic acids is 2. The number of hydrogen-bond donors (Lipinski definition) is 2. The summed E-state index contributed by atoms with van der Waals surface area (Å²) in [6.07, 6.45) is 2.76.